The third kappa shape index (κ3) is 4.54. The molecule has 1 amide bonds. The third-order valence-electron chi connectivity index (χ3n) is 2.43. The molecule has 0 radical (unpaired) electrons. The molecule has 21 heavy (non-hydrogen) atoms. The fraction of sp³-hybridized carbons (Fsp3) is 0.154. The van der Waals surface area contributed by atoms with Crippen molar-refractivity contribution in [1.82, 2.24) is 0 Å². The summed E-state index contributed by atoms with van der Waals surface area (Å²) in [5, 5.41) is 2.52. The second-order valence-electron chi connectivity index (χ2n) is 4.00. The van der Waals surface area contributed by atoms with Gasteiger partial charge in [-0.2, -0.15) is 13.2 Å². The van der Waals surface area contributed by atoms with Crippen molar-refractivity contribution in [2.45, 2.75) is 16.9 Å². The number of benzene rings is 1. The van der Waals surface area contributed by atoms with Gasteiger partial charge in [-0.05, 0) is 48.2 Å². The Balaban J connectivity index is 2.01. The molecule has 0 spiro atoms. The van der Waals surface area contributed by atoms with E-state index in [1.54, 1.807) is 6.07 Å². The molecule has 3 N–H and O–H groups in total. The summed E-state index contributed by atoms with van der Waals surface area (Å²) in [6, 6.07) is 8.39. The number of hydrogen-bond donors (Lipinski definition) is 2. The Kier molecular flexibility index (Phi) is 4.59. The van der Waals surface area contributed by atoms with Crippen molar-refractivity contribution < 1.29 is 22.4 Å². The van der Waals surface area contributed by atoms with Gasteiger partial charge in [-0.1, -0.05) is 0 Å². The summed E-state index contributed by atoms with van der Waals surface area (Å²) in [6.07, 6.45) is 0. The van der Waals surface area contributed by atoms with Crippen molar-refractivity contribution in [1.29, 1.82) is 0 Å². The van der Waals surface area contributed by atoms with E-state index in [-0.39, 0.29) is 29.0 Å². The van der Waals surface area contributed by atoms with Crippen LogP contribution in [0.5, 0.6) is 0 Å². The van der Waals surface area contributed by atoms with E-state index >= 15 is 0 Å². The molecule has 0 saturated carbocycles. The second kappa shape index (κ2) is 6.23. The number of rotatable bonds is 4. The zero-order valence-corrected chi connectivity index (χ0v) is 11.4. The van der Waals surface area contributed by atoms with Crippen LogP contribution in [0.15, 0.2) is 45.7 Å². The molecule has 8 heteroatoms. The Morgan fingerprint density at radius 2 is 1.86 bits per heavy atom. The number of hydrogen-bond acceptors (Lipinski definition) is 4. The molecule has 0 fully saturated rings. The van der Waals surface area contributed by atoms with Gasteiger partial charge in [0, 0.05) is 10.6 Å². The Morgan fingerprint density at radius 3 is 2.38 bits per heavy atom. The van der Waals surface area contributed by atoms with Crippen LogP contribution in [0.25, 0.3) is 0 Å². The lowest BCUT2D eigenvalue weighted by molar-refractivity contribution is -0.0328. The van der Waals surface area contributed by atoms with Crippen LogP contribution in [-0.2, 0) is 6.54 Å². The summed E-state index contributed by atoms with van der Waals surface area (Å²) in [6.45, 7) is 0.177. The van der Waals surface area contributed by atoms with E-state index in [9.17, 15) is 18.0 Å². The van der Waals surface area contributed by atoms with Crippen molar-refractivity contribution in [2.24, 2.45) is 5.73 Å². The smallest absolute Gasteiger partial charge is 0.446 e. The standard InChI is InChI=1S/C13H11F3N2O2S/c14-13(15,16)21-10-4-1-8(2-5-10)18-12(19)11-6-3-9(7-17)20-11/h1-6H,7,17H2,(H,18,19). The molecule has 1 aromatic heterocycles. The van der Waals surface area contributed by atoms with E-state index in [2.05, 4.69) is 5.32 Å². The Hall–Kier alpha value is -1.93. The predicted octanol–water partition coefficient (Wildman–Crippen LogP) is 3.60. The summed E-state index contributed by atoms with van der Waals surface area (Å²) in [7, 11) is 0. The van der Waals surface area contributed by atoms with Gasteiger partial charge in [0.15, 0.2) is 5.76 Å². The summed E-state index contributed by atoms with van der Waals surface area (Å²) in [5.41, 5.74) is 1.40. The molecule has 0 atom stereocenters. The van der Waals surface area contributed by atoms with Gasteiger partial charge in [0.1, 0.15) is 5.76 Å². The lowest BCUT2D eigenvalue weighted by Crippen LogP contribution is -2.10. The van der Waals surface area contributed by atoms with Crippen LogP contribution in [0.1, 0.15) is 16.3 Å². The number of thioether (sulfide) groups is 1. The molecular weight excluding hydrogens is 305 g/mol. The van der Waals surface area contributed by atoms with Crippen LogP contribution in [0, 0.1) is 0 Å². The molecule has 0 bridgehead atoms. The monoisotopic (exact) mass is 316 g/mol. The van der Waals surface area contributed by atoms with Gasteiger partial charge in [0.25, 0.3) is 5.91 Å². The van der Waals surface area contributed by atoms with Gasteiger partial charge in [-0.25, -0.2) is 0 Å². The highest BCUT2D eigenvalue weighted by Gasteiger charge is 2.29. The number of anilines is 1. The maximum Gasteiger partial charge on any atom is 0.446 e. The van der Waals surface area contributed by atoms with Crippen molar-refractivity contribution in [3.63, 3.8) is 0 Å². The Labute approximate surface area is 122 Å². The largest absolute Gasteiger partial charge is 0.455 e. The Bertz CT molecular complexity index is 623. The summed E-state index contributed by atoms with van der Waals surface area (Å²) < 4.78 is 41.7. The molecule has 1 aromatic carbocycles. The molecule has 0 aliphatic heterocycles. The number of carbonyl (C=O) groups excluding carboxylic acids is 1. The van der Waals surface area contributed by atoms with Gasteiger partial charge >= 0.3 is 5.51 Å². The minimum absolute atomic E-state index is 0.0453. The van der Waals surface area contributed by atoms with Crippen LogP contribution in [0.2, 0.25) is 0 Å². The maximum absolute atomic E-state index is 12.2. The minimum Gasteiger partial charge on any atom is -0.455 e. The molecule has 2 rings (SSSR count). The number of halogens is 3. The van der Waals surface area contributed by atoms with Crippen molar-refractivity contribution in [3.8, 4) is 0 Å². The van der Waals surface area contributed by atoms with E-state index in [0.29, 0.717) is 11.4 Å². The van der Waals surface area contributed by atoms with Crippen molar-refractivity contribution >= 4 is 23.4 Å². The molecule has 2 aromatic rings. The molecular formula is C13H11F3N2O2S. The highest BCUT2D eigenvalue weighted by atomic mass is 32.2. The average molecular weight is 316 g/mol. The normalized spacial score (nSPS) is 11.4. The lowest BCUT2D eigenvalue weighted by atomic mass is 10.3. The highest BCUT2D eigenvalue weighted by molar-refractivity contribution is 8.00. The molecule has 0 unspecified atom stereocenters. The summed E-state index contributed by atoms with van der Waals surface area (Å²) in [5.74, 6) is 0.0622. The zero-order valence-electron chi connectivity index (χ0n) is 10.6. The van der Waals surface area contributed by atoms with Gasteiger partial charge in [0.2, 0.25) is 0 Å². The molecule has 1 heterocycles. The molecule has 0 aliphatic rings. The first-order chi connectivity index (χ1) is 9.87. The number of amides is 1. The highest BCUT2D eigenvalue weighted by Crippen LogP contribution is 2.37. The number of nitrogens with one attached hydrogen (secondary N) is 1. The summed E-state index contributed by atoms with van der Waals surface area (Å²) >= 11 is -0.214. The van der Waals surface area contributed by atoms with Crippen LogP contribution >= 0.6 is 11.8 Å². The van der Waals surface area contributed by atoms with E-state index in [4.69, 9.17) is 10.2 Å². The second-order valence-corrected chi connectivity index (χ2v) is 5.13. The summed E-state index contributed by atoms with van der Waals surface area (Å²) in [4.78, 5) is 11.9. The van der Waals surface area contributed by atoms with Crippen LogP contribution in [-0.4, -0.2) is 11.4 Å². The average Bonchev–Trinajstić information content (AvgIpc) is 2.88. The number of carbonyl (C=O) groups is 1. The van der Waals surface area contributed by atoms with Crippen molar-refractivity contribution in [2.75, 3.05) is 5.32 Å². The van der Waals surface area contributed by atoms with E-state index in [1.165, 1.54) is 30.3 Å². The van der Waals surface area contributed by atoms with E-state index < -0.39 is 11.4 Å². The first kappa shape index (κ1) is 15.5. The van der Waals surface area contributed by atoms with E-state index in [0.717, 1.165) is 0 Å². The molecule has 4 nitrogen and oxygen atoms in total. The predicted molar refractivity (Wildman–Crippen MR) is 72.9 cm³/mol. The fourth-order valence-electron chi connectivity index (χ4n) is 1.54. The lowest BCUT2D eigenvalue weighted by Gasteiger charge is -2.07. The SMILES string of the molecule is NCc1ccc(C(=O)Nc2ccc(SC(F)(F)F)cc2)o1. The quantitative estimate of drug-likeness (QED) is 0.846. The molecule has 0 aliphatic carbocycles. The van der Waals surface area contributed by atoms with Crippen LogP contribution < -0.4 is 11.1 Å². The van der Waals surface area contributed by atoms with Gasteiger partial charge in [-0.3, -0.25) is 4.79 Å². The number of furan rings is 1. The van der Waals surface area contributed by atoms with E-state index in [1.807, 2.05) is 0 Å². The molecule has 0 saturated heterocycles. The van der Waals surface area contributed by atoms with Gasteiger partial charge in [0.05, 0.1) is 6.54 Å². The van der Waals surface area contributed by atoms with Crippen molar-refractivity contribution in [3.05, 3.63) is 47.9 Å². The zero-order chi connectivity index (χ0) is 15.5. The third-order valence-corrected chi connectivity index (χ3v) is 3.17. The van der Waals surface area contributed by atoms with Gasteiger partial charge in [-0.15, -0.1) is 0 Å². The topological polar surface area (TPSA) is 68.3 Å². The minimum atomic E-state index is -4.34. The first-order valence-corrected chi connectivity index (χ1v) is 6.65. The van der Waals surface area contributed by atoms with Gasteiger partial charge < -0.3 is 15.5 Å². The maximum atomic E-state index is 12.2. The number of nitrogens with two attached hydrogens (primary N) is 1. The first-order valence-electron chi connectivity index (χ1n) is 5.83. The van der Waals surface area contributed by atoms with Crippen LogP contribution in [0.3, 0.4) is 0 Å². The fourth-order valence-corrected chi connectivity index (χ4v) is 2.08. The number of alkyl halides is 3. The Morgan fingerprint density at radius 1 is 1.19 bits per heavy atom. The van der Waals surface area contributed by atoms with Crippen LogP contribution in [0.4, 0.5) is 18.9 Å². The molecule has 112 valence electrons.